The molecule has 0 atom stereocenters. The minimum absolute atomic E-state index is 0. The van der Waals surface area contributed by atoms with Crippen molar-refractivity contribution in [1.82, 2.24) is 10.6 Å². The number of hydrogen-bond acceptors (Lipinski definition) is 4. The Morgan fingerprint density at radius 2 is 1.35 bits per heavy atom. The van der Waals surface area contributed by atoms with Crippen molar-refractivity contribution >= 4 is 5.97 Å². The molecule has 0 bridgehead atoms. The van der Waals surface area contributed by atoms with Gasteiger partial charge in [-0.3, -0.25) is 4.79 Å². The van der Waals surface area contributed by atoms with E-state index in [1.807, 2.05) is 27.9 Å². The van der Waals surface area contributed by atoms with Crippen LogP contribution in [0.15, 0.2) is 0 Å². The number of nitrogens with one attached hydrogen (secondary N) is 2. The topological polar surface area (TPSA) is 50.4 Å². The van der Waals surface area contributed by atoms with Gasteiger partial charge in [-0.25, -0.2) is 0 Å². The number of ether oxygens (including phenoxy) is 1. The molecule has 4 heteroatoms. The third kappa shape index (κ3) is 30.4. The summed E-state index contributed by atoms with van der Waals surface area (Å²) in [7, 11) is 4.02. The maximum absolute atomic E-state index is 10.4. The van der Waals surface area contributed by atoms with Gasteiger partial charge in [0.25, 0.3) is 0 Å². The summed E-state index contributed by atoms with van der Waals surface area (Å²) in [6, 6.07) is 0. The summed E-state index contributed by atoms with van der Waals surface area (Å²) in [5, 5.41) is 6.29. The summed E-state index contributed by atoms with van der Waals surface area (Å²) in [6.07, 6.45) is 6.79. The van der Waals surface area contributed by atoms with Gasteiger partial charge in [-0.1, -0.05) is 34.6 Å². The number of hydrogen-bond donors (Lipinski definition) is 2. The van der Waals surface area contributed by atoms with E-state index in [4.69, 9.17) is 0 Å². The molecule has 0 aliphatic carbocycles. The molecule has 0 aromatic carbocycles. The van der Waals surface area contributed by atoms with Crippen LogP contribution in [0.3, 0.4) is 0 Å². The predicted molar refractivity (Wildman–Crippen MR) is 91.3 cm³/mol. The third-order valence-electron chi connectivity index (χ3n) is 2.36. The summed E-state index contributed by atoms with van der Waals surface area (Å²) in [6.45, 7) is 6.60. The van der Waals surface area contributed by atoms with Crippen LogP contribution in [0.4, 0.5) is 0 Å². The van der Waals surface area contributed by atoms with Crippen LogP contribution in [0.25, 0.3) is 0 Å². The molecule has 0 aromatic rings. The third-order valence-corrected chi connectivity index (χ3v) is 2.36. The normalized spacial score (nSPS) is 8.60. The average Bonchev–Trinajstić information content (AvgIpc) is 2.35. The molecule has 20 heavy (non-hydrogen) atoms. The molecule has 0 radical (unpaired) electrons. The fourth-order valence-electron chi connectivity index (χ4n) is 1.39. The second kappa shape index (κ2) is 26.9. The largest absolute Gasteiger partial charge is 0.466 e. The van der Waals surface area contributed by atoms with Gasteiger partial charge in [-0.15, -0.1) is 0 Å². The lowest BCUT2D eigenvalue weighted by atomic mass is 10.2. The van der Waals surface area contributed by atoms with E-state index >= 15 is 0 Å². The van der Waals surface area contributed by atoms with Crippen molar-refractivity contribution in [2.24, 2.45) is 0 Å². The molecule has 0 aliphatic rings. The van der Waals surface area contributed by atoms with Crippen molar-refractivity contribution in [3.63, 3.8) is 0 Å². The van der Waals surface area contributed by atoms with Crippen LogP contribution < -0.4 is 10.6 Å². The highest BCUT2D eigenvalue weighted by atomic mass is 16.5. The lowest BCUT2D eigenvalue weighted by Gasteiger charge is -1.99. The summed E-state index contributed by atoms with van der Waals surface area (Å²) in [5.41, 5.74) is 0. The summed E-state index contributed by atoms with van der Waals surface area (Å²) < 4.78 is 4.64. The maximum atomic E-state index is 10.4. The Bertz CT molecular complexity index is 149. The van der Waals surface area contributed by atoms with Gasteiger partial charge in [0.15, 0.2) is 0 Å². The fourth-order valence-corrected chi connectivity index (χ4v) is 1.39. The zero-order valence-corrected chi connectivity index (χ0v) is 12.7. The van der Waals surface area contributed by atoms with E-state index in [0.717, 1.165) is 6.42 Å². The van der Waals surface area contributed by atoms with Crippen molar-refractivity contribution in [1.29, 1.82) is 0 Å². The van der Waals surface area contributed by atoms with Gasteiger partial charge >= 0.3 is 5.97 Å². The van der Waals surface area contributed by atoms with Gasteiger partial charge in [0.1, 0.15) is 0 Å². The number of unbranched alkanes of at least 4 members (excludes halogenated alkanes) is 3. The van der Waals surface area contributed by atoms with Crippen LogP contribution >= 0.6 is 0 Å². The SMILES string of the molecule is C.C.CCCC(=O)OCC.CNCCCCCCNC. The lowest BCUT2D eigenvalue weighted by Crippen LogP contribution is -2.09. The van der Waals surface area contributed by atoms with E-state index < -0.39 is 0 Å². The molecule has 0 rings (SSSR count). The van der Waals surface area contributed by atoms with E-state index in [2.05, 4.69) is 15.4 Å². The second-order valence-electron chi connectivity index (χ2n) is 4.18. The Labute approximate surface area is 128 Å². The first-order valence-electron chi connectivity index (χ1n) is 7.17. The first-order chi connectivity index (χ1) is 8.72. The molecule has 0 aliphatic heterocycles. The van der Waals surface area contributed by atoms with E-state index in [-0.39, 0.29) is 20.8 Å². The van der Waals surface area contributed by atoms with Gasteiger partial charge < -0.3 is 15.4 Å². The lowest BCUT2D eigenvalue weighted by molar-refractivity contribution is -0.143. The Morgan fingerprint density at radius 3 is 1.65 bits per heavy atom. The van der Waals surface area contributed by atoms with Crippen LogP contribution in [-0.2, 0) is 9.53 Å². The van der Waals surface area contributed by atoms with Gasteiger partial charge in [0.05, 0.1) is 6.61 Å². The van der Waals surface area contributed by atoms with Gasteiger partial charge in [-0.2, -0.15) is 0 Å². The molecular weight excluding hydrogens is 252 g/mol. The highest BCUT2D eigenvalue weighted by molar-refractivity contribution is 5.69. The van der Waals surface area contributed by atoms with E-state index in [1.165, 1.54) is 38.8 Å². The Hall–Kier alpha value is -0.610. The molecule has 0 spiro atoms. The van der Waals surface area contributed by atoms with Gasteiger partial charge in [-0.05, 0) is 53.4 Å². The quantitative estimate of drug-likeness (QED) is 0.477. The van der Waals surface area contributed by atoms with Crippen molar-refractivity contribution in [3.05, 3.63) is 0 Å². The fraction of sp³-hybridized carbons (Fsp3) is 0.938. The number of esters is 1. The molecule has 126 valence electrons. The minimum Gasteiger partial charge on any atom is -0.466 e. The van der Waals surface area contributed by atoms with Crippen LogP contribution in [-0.4, -0.2) is 39.8 Å². The van der Waals surface area contributed by atoms with Crippen LogP contribution in [0.2, 0.25) is 0 Å². The van der Waals surface area contributed by atoms with E-state index in [1.54, 1.807) is 0 Å². The number of carbonyl (C=O) groups is 1. The molecule has 0 saturated heterocycles. The molecule has 0 unspecified atom stereocenters. The average molecular weight is 293 g/mol. The van der Waals surface area contributed by atoms with Crippen LogP contribution in [0.1, 0.15) is 67.2 Å². The number of carbonyl (C=O) groups excluding carboxylic acids is 1. The number of rotatable bonds is 10. The van der Waals surface area contributed by atoms with Crippen LogP contribution in [0, 0.1) is 0 Å². The smallest absolute Gasteiger partial charge is 0.305 e. The second-order valence-corrected chi connectivity index (χ2v) is 4.18. The molecular formula is C16H40N2O2. The predicted octanol–water partition coefficient (Wildman–Crippen LogP) is 3.61. The summed E-state index contributed by atoms with van der Waals surface area (Å²) in [4.78, 5) is 10.4. The van der Waals surface area contributed by atoms with Crippen molar-refractivity contribution < 1.29 is 9.53 Å². The molecule has 0 aromatic heterocycles. The Kier molecular flexibility index (Phi) is 37.2. The first kappa shape index (κ1) is 27.7. The Balaban J connectivity index is -0.000000119. The van der Waals surface area contributed by atoms with Crippen LogP contribution in [0.5, 0.6) is 0 Å². The highest BCUT2D eigenvalue weighted by Crippen LogP contribution is 1.96. The molecule has 0 amide bonds. The minimum atomic E-state index is -0.0880. The first-order valence-corrected chi connectivity index (χ1v) is 7.17. The van der Waals surface area contributed by atoms with E-state index in [0.29, 0.717) is 13.0 Å². The zero-order chi connectivity index (χ0) is 14.1. The van der Waals surface area contributed by atoms with Crippen molar-refractivity contribution in [2.45, 2.75) is 67.2 Å². The zero-order valence-electron chi connectivity index (χ0n) is 12.7. The van der Waals surface area contributed by atoms with Gasteiger partial charge in [0, 0.05) is 6.42 Å². The van der Waals surface area contributed by atoms with Crippen molar-refractivity contribution in [3.8, 4) is 0 Å². The van der Waals surface area contributed by atoms with E-state index in [9.17, 15) is 4.79 Å². The van der Waals surface area contributed by atoms with Crippen molar-refractivity contribution in [2.75, 3.05) is 33.8 Å². The summed E-state index contributed by atoms with van der Waals surface area (Å²) >= 11 is 0. The molecule has 0 saturated carbocycles. The van der Waals surface area contributed by atoms with Gasteiger partial charge in [0.2, 0.25) is 0 Å². The summed E-state index contributed by atoms with van der Waals surface area (Å²) in [5.74, 6) is -0.0880. The molecule has 4 nitrogen and oxygen atoms in total. The highest BCUT2D eigenvalue weighted by Gasteiger charge is 1.95. The molecule has 0 fully saturated rings. The molecule has 2 N–H and O–H groups in total. The maximum Gasteiger partial charge on any atom is 0.305 e. The monoisotopic (exact) mass is 292 g/mol. The standard InChI is InChI=1S/C8H20N2.C6H12O2.2CH4/c1-9-7-5-3-4-6-8-10-2;1-3-5-6(7)8-4-2;;/h9-10H,3-8H2,1-2H3;3-5H2,1-2H3;2*1H4. The molecule has 0 heterocycles. The Morgan fingerprint density at radius 1 is 0.900 bits per heavy atom.